The Morgan fingerprint density at radius 2 is 2.20 bits per heavy atom. The number of hydrogen-bond acceptors (Lipinski definition) is 4. The van der Waals surface area contributed by atoms with Crippen LogP contribution < -0.4 is 10.1 Å². The van der Waals surface area contributed by atoms with Crippen LogP contribution in [0.1, 0.15) is 37.8 Å². The first kappa shape index (κ1) is 17.3. The molecule has 1 aliphatic rings. The van der Waals surface area contributed by atoms with E-state index in [1.54, 1.807) is 11.0 Å². The quantitative estimate of drug-likeness (QED) is 0.785. The van der Waals surface area contributed by atoms with E-state index in [0.29, 0.717) is 13.2 Å². The maximum absolute atomic E-state index is 12.5. The number of aromatic nitrogens is 3. The van der Waals surface area contributed by atoms with Gasteiger partial charge in [0.2, 0.25) is 0 Å². The van der Waals surface area contributed by atoms with Gasteiger partial charge >= 0.3 is 6.03 Å². The summed E-state index contributed by atoms with van der Waals surface area (Å²) in [7, 11) is 0. The molecule has 1 aromatic carbocycles. The third kappa shape index (κ3) is 4.49. The van der Waals surface area contributed by atoms with Gasteiger partial charge < -0.3 is 15.0 Å². The molecular weight excluding hydrogens is 318 g/mol. The minimum absolute atomic E-state index is 0.00924. The molecule has 3 rings (SSSR count). The van der Waals surface area contributed by atoms with Crippen LogP contribution in [0.5, 0.6) is 5.75 Å². The van der Waals surface area contributed by atoms with E-state index in [-0.39, 0.29) is 12.1 Å². The minimum atomic E-state index is 0.00924. The summed E-state index contributed by atoms with van der Waals surface area (Å²) in [5.74, 6) is 0.869. The molecule has 1 aromatic heterocycles. The predicted molar refractivity (Wildman–Crippen MR) is 94.3 cm³/mol. The van der Waals surface area contributed by atoms with Gasteiger partial charge in [-0.1, -0.05) is 12.1 Å². The highest BCUT2D eigenvalue weighted by atomic mass is 16.5. The average Bonchev–Trinajstić information content (AvgIpc) is 3.31. The first-order valence-electron chi connectivity index (χ1n) is 8.87. The lowest BCUT2D eigenvalue weighted by molar-refractivity contribution is 0.192. The molecule has 1 saturated heterocycles. The van der Waals surface area contributed by atoms with Crippen LogP contribution in [0.4, 0.5) is 4.79 Å². The summed E-state index contributed by atoms with van der Waals surface area (Å²) in [6, 6.07) is 8.23. The maximum atomic E-state index is 12.5. The molecule has 134 valence electrons. The van der Waals surface area contributed by atoms with Gasteiger partial charge in [0.05, 0.1) is 12.6 Å². The van der Waals surface area contributed by atoms with Crippen molar-refractivity contribution in [2.24, 2.45) is 0 Å². The summed E-state index contributed by atoms with van der Waals surface area (Å²) in [6.07, 6.45) is 6.07. The van der Waals surface area contributed by atoms with Crippen molar-refractivity contribution in [3.05, 3.63) is 42.5 Å². The second-order valence-corrected chi connectivity index (χ2v) is 6.10. The van der Waals surface area contributed by atoms with Crippen molar-refractivity contribution in [1.82, 2.24) is 25.0 Å². The molecular formula is C18H25N5O2. The van der Waals surface area contributed by atoms with Gasteiger partial charge in [-0.3, -0.25) is 4.68 Å². The molecule has 0 saturated carbocycles. The molecule has 2 aromatic rings. The normalized spacial score (nSPS) is 16.8. The topological polar surface area (TPSA) is 72.3 Å². The Bertz CT molecular complexity index is 657. The van der Waals surface area contributed by atoms with Crippen LogP contribution in [0.2, 0.25) is 0 Å². The van der Waals surface area contributed by atoms with E-state index < -0.39 is 0 Å². The Morgan fingerprint density at radius 1 is 1.36 bits per heavy atom. The third-order valence-electron chi connectivity index (χ3n) is 4.40. The number of ether oxygens (including phenoxy) is 1. The van der Waals surface area contributed by atoms with E-state index in [4.69, 9.17) is 4.74 Å². The average molecular weight is 343 g/mol. The fraction of sp³-hybridized carbons (Fsp3) is 0.500. The highest BCUT2D eigenvalue weighted by Gasteiger charge is 2.29. The van der Waals surface area contributed by atoms with Crippen molar-refractivity contribution in [2.75, 3.05) is 19.7 Å². The van der Waals surface area contributed by atoms with E-state index in [9.17, 15) is 4.79 Å². The summed E-state index contributed by atoms with van der Waals surface area (Å²) >= 11 is 0. The number of aryl methyl sites for hydroxylation is 1. The Labute approximate surface area is 148 Å². The van der Waals surface area contributed by atoms with E-state index in [1.807, 2.05) is 24.0 Å². The summed E-state index contributed by atoms with van der Waals surface area (Å²) in [5, 5.41) is 7.07. The lowest BCUT2D eigenvalue weighted by atomic mass is 10.0. The van der Waals surface area contributed by atoms with Crippen LogP contribution in [0.3, 0.4) is 0 Å². The summed E-state index contributed by atoms with van der Waals surface area (Å²) in [5.41, 5.74) is 1.17. The molecule has 1 atom stereocenters. The Balaban J connectivity index is 1.50. The Hall–Kier alpha value is -2.57. The SMILES string of the molecule is CCOc1ccc([C@@H]2CCCN2C(=O)NCCCn2cncn2)cc1. The first-order chi connectivity index (χ1) is 12.3. The number of hydrogen-bond donors (Lipinski definition) is 1. The van der Waals surface area contributed by atoms with Crippen molar-refractivity contribution < 1.29 is 9.53 Å². The van der Waals surface area contributed by atoms with Gasteiger partial charge in [-0.2, -0.15) is 5.10 Å². The molecule has 2 heterocycles. The van der Waals surface area contributed by atoms with E-state index in [0.717, 1.165) is 38.1 Å². The van der Waals surface area contributed by atoms with Crippen LogP contribution in [0.25, 0.3) is 0 Å². The Morgan fingerprint density at radius 3 is 2.92 bits per heavy atom. The molecule has 2 amide bonds. The number of carbonyl (C=O) groups excluding carboxylic acids is 1. The molecule has 0 aliphatic carbocycles. The van der Waals surface area contributed by atoms with Crippen molar-refractivity contribution >= 4 is 6.03 Å². The number of likely N-dealkylation sites (tertiary alicyclic amines) is 1. The van der Waals surface area contributed by atoms with E-state index in [2.05, 4.69) is 27.5 Å². The van der Waals surface area contributed by atoms with E-state index >= 15 is 0 Å². The molecule has 0 unspecified atom stereocenters. The van der Waals surface area contributed by atoms with Crippen LogP contribution in [-0.2, 0) is 6.54 Å². The highest BCUT2D eigenvalue weighted by molar-refractivity contribution is 5.75. The lowest BCUT2D eigenvalue weighted by Crippen LogP contribution is -2.40. The van der Waals surface area contributed by atoms with Gasteiger partial charge in [-0.15, -0.1) is 0 Å². The van der Waals surface area contributed by atoms with Crippen molar-refractivity contribution in [2.45, 2.75) is 38.8 Å². The van der Waals surface area contributed by atoms with Gasteiger partial charge in [0, 0.05) is 19.6 Å². The number of carbonyl (C=O) groups is 1. The van der Waals surface area contributed by atoms with Crippen LogP contribution >= 0.6 is 0 Å². The standard InChI is InChI=1S/C18H25N5O2/c1-2-25-16-8-6-15(7-9-16)17-5-3-12-23(17)18(24)20-10-4-11-22-14-19-13-21-22/h6-9,13-14,17H,2-5,10-12H2,1H3,(H,20,24)/t17-/m0/s1. The maximum Gasteiger partial charge on any atom is 0.317 e. The van der Waals surface area contributed by atoms with Gasteiger partial charge in [0.1, 0.15) is 18.4 Å². The van der Waals surface area contributed by atoms with Gasteiger partial charge in [-0.25, -0.2) is 9.78 Å². The monoisotopic (exact) mass is 343 g/mol. The molecule has 7 nitrogen and oxygen atoms in total. The van der Waals surface area contributed by atoms with Gasteiger partial charge in [0.15, 0.2) is 0 Å². The summed E-state index contributed by atoms with van der Waals surface area (Å²) in [6.45, 7) is 4.81. The third-order valence-corrected chi connectivity index (χ3v) is 4.40. The first-order valence-corrected chi connectivity index (χ1v) is 8.87. The second kappa shape index (κ2) is 8.50. The van der Waals surface area contributed by atoms with Gasteiger partial charge in [-0.05, 0) is 43.9 Å². The van der Waals surface area contributed by atoms with Crippen LogP contribution in [0.15, 0.2) is 36.9 Å². The number of amides is 2. The fourth-order valence-corrected chi connectivity index (χ4v) is 3.20. The largest absolute Gasteiger partial charge is 0.494 e. The zero-order chi connectivity index (χ0) is 17.5. The molecule has 1 fully saturated rings. The van der Waals surface area contributed by atoms with Crippen molar-refractivity contribution in [3.63, 3.8) is 0 Å². The predicted octanol–water partition coefficient (Wildman–Crippen LogP) is 2.61. The minimum Gasteiger partial charge on any atom is -0.494 e. The molecule has 0 bridgehead atoms. The number of rotatable bonds is 7. The number of nitrogens with one attached hydrogen (secondary N) is 1. The molecule has 1 N–H and O–H groups in total. The zero-order valence-electron chi connectivity index (χ0n) is 14.6. The lowest BCUT2D eigenvalue weighted by Gasteiger charge is -2.25. The van der Waals surface area contributed by atoms with Crippen LogP contribution in [-0.4, -0.2) is 45.4 Å². The molecule has 0 spiro atoms. The fourth-order valence-electron chi connectivity index (χ4n) is 3.20. The van der Waals surface area contributed by atoms with Crippen molar-refractivity contribution in [3.8, 4) is 5.75 Å². The van der Waals surface area contributed by atoms with Crippen molar-refractivity contribution in [1.29, 1.82) is 0 Å². The summed E-state index contributed by atoms with van der Waals surface area (Å²) in [4.78, 5) is 18.4. The second-order valence-electron chi connectivity index (χ2n) is 6.10. The summed E-state index contributed by atoms with van der Waals surface area (Å²) < 4.78 is 7.26. The van der Waals surface area contributed by atoms with Gasteiger partial charge in [0.25, 0.3) is 0 Å². The molecule has 7 heteroatoms. The molecule has 25 heavy (non-hydrogen) atoms. The highest BCUT2D eigenvalue weighted by Crippen LogP contribution is 2.32. The van der Waals surface area contributed by atoms with Crippen LogP contribution in [0, 0.1) is 0 Å². The smallest absolute Gasteiger partial charge is 0.317 e. The molecule has 0 radical (unpaired) electrons. The molecule has 1 aliphatic heterocycles. The Kier molecular flexibility index (Phi) is 5.87. The number of nitrogens with zero attached hydrogens (tertiary/aromatic N) is 4. The zero-order valence-corrected chi connectivity index (χ0v) is 14.6. The van der Waals surface area contributed by atoms with E-state index in [1.165, 1.54) is 11.9 Å². The number of benzene rings is 1. The number of urea groups is 1.